The van der Waals surface area contributed by atoms with Crippen molar-refractivity contribution in [3.63, 3.8) is 0 Å². The van der Waals surface area contributed by atoms with E-state index in [0.29, 0.717) is 0 Å². The van der Waals surface area contributed by atoms with Gasteiger partial charge in [0.05, 0.1) is 0 Å². The second-order valence-electron chi connectivity index (χ2n) is 7.57. The summed E-state index contributed by atoms with van der Waals surface area (Å²) in [5, 5.41) is 3.63. The zero-order valence-corrected chi connectivity index (χ0v) is 13.5. The summed E-state index contributed by atoms with van der Waals surface area (Å²) >= 11 is 0. The van der Waals surface area contributed by atoms with Gasteiger partial charge in [-0.15, -0.1) is 0 Å². The maximum absolute atomic E-state index is 3.63. The fourth-order valence-electron chi connectivity index (χ4n) is 3.69. The lowest BCUT2D eigenvalue weighted by Gasteiger charge is -2.37. The van der Waals surface area contributed by atoms with Gasteiger partial charge in [-0.3, -0.25) is 0 Å². The van der Waals surface area contributed by atoms with Crippen LogP contribution in [0.2, 0.25) is 0 Å². The summed E-state index contributed by atoms with van der Waals surface area (Å²) in [7, 11) is 0. The maximum atomic E-state index is 3.63. The van der Waals surface area contributed by atoms with E-state index in [9.17, 15) is 0 Å². The molecule has 108 valence electrons. The van der Waals surface area contributed by atoms with Gasteiger partial charge in [0.15, 0.2) is 0 Å². The highest BCUT2D eigenvalue weighted by atomic mass is 14.9. The number of nitrogens with one attached hydrogen (secondary N) is 1. The molecular formula is C17H35N. The second-order valence-corrected chi connectivity index (χ2v) is 7.57. The van der Waals surface area contributed by atoms with Crippen LogP contribution in [0.1, 0.15) is 60.8 Å². The molecule has 0 aromatic heterocycles. The van der Waals surface area contributed by atoms with Crippen molar-refractivity contribution in [3.8, 4) is 0 Å². The van der Waals surface area contributed by atoms with Crippen molar-refractivity contribution in [2.45, 2.75) is 60.8 Å². The molecule has 0 amide bonds. The highest BCUT2D eigenvalue weighted by Crippen LogP contribution is 2.39. The third kappa shape index (κ3) is 5.30. The van der Waals surface area contributed by atoms with Crippen molar-refractivity contribution in [3.05, 3.63) is 0 Å². The Morgan fingerprint density at radius 3 is 1.94 bits per heavy atom. The summed E-state index contributed by atoms with van der Waals surface area (Å²) in [6.07, 6.45) is 4.36. The van der Waals surface area contributed by atoms with E-state index in [4.69, 9.17) is 0 Å². The van der Waals surface area contributed by atoms with Gasteiger partial charge in [0.25, 0.3) is 0 Å². The highest BCUT2D eigenvalue weighted by molar-refractivity contribution is 4.81. The van der Waals surface area contributed by atoms with E-state index in [1.165, 1.54) is 25.8 Å². The zero-order valence-electron chi connectivity index (χ0n) is 13.5. The first kappa shape index (κ1) is 16.0. The second kappa shape index (κ2) is 7.53. The van der Waals surface area contributed by atoms with E-state index in [1.54, 1.807) is 0 Å². The van der Waals surface area contributed by atoms with Gasteiger partial charge in [-0.25, -0.2) is 0 Å². The largest absolute Gasteiger partial charge is 0.316 e. The van der Waals surface area contributed by atoms with Gasteiger partial charge in [-0.2, -0.15) is 0 Å². The van der Waals surface area contributed by atoms with Crippen LogP contribution in [0.5, 0.6) is 0 Å². The Labute approximate surface area is 115 Å². The summed E-state index contributed by atoms with van der Waals surface area (Å²) in [4.78, 5) is 0. The Morgan fingerprint density at radius 2 is 1.44 bits per heavy atom. The molecule has 1 fully saturated rings. The summed E-state index contributed by atoms with van der Waals surface area (Å²) in [5.74, 6) is 5.29. The van der Waals surface area contributed by atoms with E-state index in [0.717, 1.165) is 42.1 Å². The lowest BCUT2D eigenvalue weighted by molar-refractivity contribution is 0.135. The summed E-state index contributed by atoms with van der Waals surface area (Å²) in [6.45, 7) is 16.7. The zero-order chi connectivity index (χ0) is 13.7. The number of hydrogen-bond acceptors (Lipinski definition) is 1. The Kier molecular flexibility index (Phi) is 6.70. The van der Waals surface area contributed by atoms with Crippen LogP contribution in [-0.4, -0.2) is 13.1 Å². The van der Waals surface area contributed by atoms with E-state index >= 15 is 0 Å². The van der Waals surface area contributed by atoms with E-state index in [2.05, 4.69) is 46.9 Å². The van der Waals surface area contributed by atoms with E-state index in [-0.39, 0.29) is 0 Å². The Hall–Kier alpha value is -0.0400. The molecule has 1 aliphatic carbocycles. The van der Waals surface area contributed by atoms with Crippen LogP contribution < -0.4 is 5.32 Å². The predicted octanol–water partition coefficient (Wildman–Crippen LogP) is 4.58. The average molecular weight is 253 g/mol. The van der Waals surface area contributed by atoms with Crippen molar-refractivity contribution in [1.82, 2.24) is 5.32 Å². The molecule has 0 bridgehead atoms. The summed E-state index contributed by atoms with van der Waals surface area (Å²) < 4.78 is 0. The number of rotatable bonds is 6. The quantitative estimate of drug-likeness (QED) is 0.731. The molecule has 0 saturated heterocycles. The minimum absolute atomic E-state index is 0.766. The van der Waals surface area contributed by atoms with Crippen LogP contribution >= 0.6 is 0 Å². The van der Waals surface area contributed by atoms with Crippen molar-refractivity contribution in [1.29, 1.82) is 0 Å². The fraction of sp³-hybridized carbons (Fsp3) is 1.00. The molecule has 1 saturated carbocycles. The molecule has 4 atom stereocenters. The SMILES string of the molecule is CC(C)CNCC(C)C(C)C1CC(C)CC(C)C1. The third-order valence-electron chi connectivity index (χ3n) is 4.88. The van der Waals surface area contributed by atoms with Crippen LogP contribution in [0.25, 0.3) is 0 Å². The topological polar surface area (TPSA) is 12.0 Å². The van der Waals surface area contributed by atoms with Gasteiger partial charge < -0.3 is 5.32 Å². The first-order valence-corrected chi connectivity index (χ1v) is 8.10. The molecule has 4 unspecified atom stereocenters. The van der Waals surface area contributed by atoms with Crippen molar-refractivity contribution >= 4 is 0 Å². The molecule has 1 N–H and O–H groups in total. The molecule has 0 radical (unpaired) electrons. The molecule has 0 heterocycles. The van der Waals surface area contributed by atoms with Crippen LogP contribution in [0, 0.1) is 35.5 Å². The minimum Gasteiger partial charge on any atom is -0.316 e. The maximum Gasteiger partial charge on any atom is -0.00204 e. The lowest BCUT2D eigenvalue weighted by atomic mass is 9.69. The van der Waals surface area contributed by atoms with E-state index < -0.39 is 0 Å². The normalized spacial score (nSPS) is 32.5. The van der Waals surface area contributed by atoms with Gasteiger partial charge in [0.2, 0.25) is 0 Å². The molecule has 1 heteroatoms. The highest BCUT2D eigenvalue weighted by Gasteiger charge is 2.30. The lowest BCUT2D eigenvalue weighted by Crippen LogP contribution is -2.33. The standard InChI is InChI=1S/C17H35N/c1-12(2)10-18-11-15(5)16(6)17-8-13(3)7-14(4)9-17/h12-18H,7-11H2,1-6H3. The van der Waals surface area contributed by atoms with Gasteiger partial charge in [-0.1, -0.05) is 41.5 Å². The molecule has 1 nitrogen and oxygen atoms in total. The van der Waals surface area contributed by atoms with Gasteiger partial charge in [-0.05, 0) is 67.9 Å². The Balaban J connectivity index is 2.35. The van der Waals surface area contributed by atoms with Gasteiger partial charge in [0, 0.05) is 0 Å². The molecular weight excluding hydrogens is 218 g/mol. The average Bonchev–Trinajstić information content (AvgIpc) is 2.26. The number of hydrogen-bond donors (Lipinski definition) is 1. The molecule has 0 aliphatic heterocycles. The van der Waals surface area contributed by atoms with Gasteiger partial charge >= 0.3 is 0 Å². The van der Waals surface area contributed by atoms with Crippen molar-refractivity contribution in [2.24, 2.45) is 35.5 Å². The predicted molar refractivity (Wildman–Crippen MR) is 81.7 cm³/mol. The van der Waals surface area contributed by atoms with Crippen molar-refractivity contribution in [2.75, 3.05) is 13.1 Å². The Morgan fingerprint density at radius 1 is 0.889 bits per heavy atom. The first-order valence-electron chi connectivity index (χ1n) is 8.10. The van der Waals surface area contributed by atoms with Crippen molar-refractivity contribution < 1.29 is 0 Å². The van der Waals surface area contributed by atoms with E-state index in [1.807, 2.05) is 0 Å². The van der Waals surface area contributed by atoms with Crippen LogP contribution in [-0.2, 0) is 0 Å². The molecule has 0 aromatic rings. The van der Waals surface area contributed by atoms with Crippen LogP contribution in [0.4, 0.5) is 0 Å². The summed E-state index contributed by atoms with van der Waals surface area (Å²) in [5.41, 5.74) is 0. The molecule has 0 aromatic carbocycles. The minimum atomic E-state index is 0.766. The van der Waals surface area contributed by atoms with Crippen LogP contribution in [0.3, 0.4) is 0 Å². The summed E-state index contributed by atoms with van der Waals surface area (Å²) in [6, 6.07) is 0. The molecule has 18 heavy (non-hydrogen) atoms. The third-order valence-corrected chi connectivity index (χ3v) is 4.88. The molecule has 1 aliphatic rings. The fourth-order valence-corrected chi connectivity index (χ4v) is 3.69. The smallest absolute Gasteiger partial charge is 0.00204 e. The van der Waals surface area contributed by atoms with Gasteiger partial charge in [0.1, 0.15) is 0 Å². The first-order chi connectivity index (χ1) is 8.40. The Bertz CT molecular complexity index is 214. The molecule has 1 rings (SSSR count). The molecule has 0 spiro atoms. The van der Waals surface area contributed by atoms with Crippen LogP contribution in [0.15, 0.2) is 0 Å². The monoisotopic (exact) mass is 253 g/mol.